The number of hydrogen-bond donors (Lipinski definition) is 1. The van der Waals surface area contributed by atoms with Crippen LogP contribution < -0.4 is 5.32 Å². The second-order valence-electron chi connectivity index (χ2n) is 4.58. The molecule has 17 heavy (non-hydrogen) atoms. The predicted octanol–water partition coefficient (Wildman–Crippen LogP) is 3.35. The van der Waals surface area contributed by atoms with Gasteiger partial charge in [-0.25, -0.2) is 9.97 Å². The second kappa shape index (κ2) is 5.87. The van der Waals surface area contributed by atoms with Gasteiger partial charge in [-0.3, -0.25) is 0 Å². The molecule has 0 saturated carbocycles. The van der Waals surface area contributed by atoms with Gasteiger partial charge >= 0.3 is 0 Å². The summed E-state index contributed by atoms with van der Waals surface area (Å²) in [4.78, 5) is 8.13. The minimum Gasteiger partial charge on any atom is -0.501 e. The average Bonchev–Trinajstić information content (AvgIpc) is 2.19. The fraction of sp³-hybridized carbons (Fsp3) is 0.500. The maximum absolute atomic E-state index is 5.79. The summed E-state index contributed by atoms with van der Waals surface area (Å²) < 4.78 is 5.16. The molecule has 1 rings (SSSR count). The van der Waals surface area contributed by atoms with E-state index in [1.54, 1.807) is 12.5 Å². The molecular weight excluding hydrogens is 238 g/mol. The largest absolute Gasteiger partial charge is 0.501 e. The molecule has 0 radical (unpaired) electrons. The molecule has 0 bridgehead atoms. The van der Waals surface area contributed by atoms with Crippen molar-refractivity contribution in [1.29, 1.82) is 0 Å². The SMILES string of the molecule is CCO/C=C/c1cnc(Cl)nc1NC(C)(C)C. The van der Waals surface area contributed by atoms with Crippen LogP contribution in [0.3, 0.4) is 0 Å². The van der Waals surface area contributed by atoms with E-state index in [1.165, 1.54) is 0 Å². The number of rotatable bonds is 4. The summed E-state index contributed by atoms with van der Waals surface area (Å²) in [7, 11) is 0. The zero-order chi connectivity index (χ0) is 12.9. The van der Waals surface area contributed by atoms with E-state index in [1.807, 2.05) is 13.0 Å². The van der Waals surface area contributed by atoms with Crippen LogP contribution in [0.5, 0.6) is 0 Å². The third-order valence-electron chi connectivity index (χ3n) is 1.79. The number of halogens is 1. The maximum Gasteiger partial charge on any atom is 0.224 e. The summed E-state index contributed by atoms with van der Waals surface area (Å²) in [5, 5.41) is 3.50. The highest BCUT2D eigenvalue weighted by Gasteiger charge is 2.13. The van der Waals surface area contributed by atoms with Crippen molar-refractivity contribution in [2.45, 2.75) is 33.2 Å². The summed E-state index contributed by atoms with van der Waals surface area (Å²) in [5.41, 5.74) is 0.754. The lowest BCUT2D eigenvalue weighted by Crippen LogP contribution is -2.27. The highest BCUT2D eigenvalue weighted by atomic mass is 35.5. The van der Waals surface area contributed by atoms with Crippen LogP contribution in [0.1, 0.15) is 33.3 Å². The molecule has 5 heteroatoms. The lowest BCUT2D eigenvalue weighted by atomic mass is 10.1. The fourth-order valence-electron chi connectivity index (χ4n) is 1.16. The number of hydrogen-bond acceptors (Lipinski definition) is 4. The van der Waals surface area contributed by atoms with E-state index in [-0.39, 0.29) is 10.8 Å². The summed E-state index contributed by atoms with van der Waals surface area (Å²) in [6.07, 6.45) is 5.10. The lowest BCUT2D eigenvalue weighted by Gasteiger charge is -2.22. The molecule has 0 aliphatic heterocycles. The highest BCUT2D eigenvalue weighted by molar-refractivity contribution is 6.28. The molecule has 0 aromatic carbocycles. The van der Waals surface area contributed by atoms with Gasteiger partial charge in [0, 0.05) is 17.3 Å². The first-order chi connectivity index (χ1) is 7.92. The van der Waals surface area contributed by atoms with Crippen LogP contribution in [-0.4, -0.2) is 22.1 Å². The molecule has 4 nitrogen and oxygen atoms in total. The molecule has 0 atom stereocenters. The molecule has 0 unspecified atom stereocenters. The minimum absolute atomic E-state index is 0.0914. The first kappa shape index (κ1) is 13.8. The van der Waals surface area contributed by atoms with Gasteiger partial charge in [-0.2, -0.15) is 0 Å². The van der Waals surface area contributed by atoms with E-state index in [9.17, 15) is 0 Å². The van der Waals surface area contributed by atoms with Crippen molar-refractivity contribution >= 4 is 23.5 Å². The van der Waals surface area contributed by atoms with E-state index in [4.69, 9.17) is 16.3 Å². The van der Waals surface area contributed by atoms with Gasteiger partial charge in [0.05, 0.1) is 12.9 Å². The molecule has 0 spiro atoms. The van der Waals surface area contributed by atoms with E-state index in [2.05, 4.69) is 36.1 Å². The molecule has 0 amide bonds. The van der Waals surface area contributed by atoms with E-state index in [0.29, 0.717) is 12.4 Å². The molecular formula is C12H18ClN3O. The molecule has 1 heterocycles. The summed E-state index contributed by atoms with van der Waals surface area (Å²) in [5.74, 6) is 0.702. The molecule has 1 aromatic rings. The lowest BCUT2D eigenvalue weighted by molar-refractivity contribution is 0.272. The number of ether oxygens (including phenoxy) is 1. The Hall–Kier alpha value is -1.29. The van der Waals surface area contributed by atoms with Crippen LogP contribution in [0.2, 0.25) is 5.28 Å². The number of nitrogens with zero attached hydrogens (tertiary/aromatic N) is 2. The van der Waals surface area contributed by atoms with Crippen LogP contribution in [0.25, 0.3) is 6.08 Å². The smallest absolute Gasteiger partial charge is 0.224 e. The minimum atomic E-state index is -0.0914. The van der Waals surface area contributed by atoms with Crippen LogP contribution in [0.15, 0.2) is 12.5 Å². The van der Waals surface area contributed by atoms with Crippen LogP contribution in [0.4, 0.5) is 5.82 Å². The number of nitrogens with one attached hydrogen (secondary N) is 1. The fourth-order valence-corrected chi connectivity index (χ4v) is 1.30. The van der Waals surface area contributed by atoms with Crippen molar-refractivity contribution in [3.63, 3.8) is 0 Å². The van der Waals surface area contributed by atoms with Gasteiger partial charge in [0.15, 0.2) is 0 Å². The van der Waals surface area contributed by atoms with Gasteiger partial charge in [0.2, 0.25) is 5.28 Å². The van der Waals surface area contributed by atoms with Crippen molar-refractivity contribution in [3.8, 4) is 0 Å². The van der Waals surface area contributed by atoms with Crippen molar-refractivity contribution in [1.82, 2.24) is 9.97 Å². The zero-order valence-corrected chi connectivity index (χ0v) is 11.4. The normalized spacial score (nSPS) is 11.8. The molecule has 94 valence electrons. The third kappa shape index (κ3) is 5.04. The molecule has 1 N–H and O–H groups in total. The monoisotopic (exact) mass is 255 g/mol. The van der Waals surface area contributed by atoms with Gasteiger partial charge in [-0.15, -0.1) is 0 Å². The second-order valence-corrected chi connectivity index (χ2v) is 4.91. The Labute approximate surface area is 107 Å². The number of aromatic nitrogens is 2. The van der Waals surface area contributed by atoms with Crippen LogP contribution >= 0.6 is 11.6 Å². The molecule has 1 aromatic heterocycles. The van der Waals surface area contributed by atoms with Crippen LogP contribution in [-0.2, 0) is 4.74 Å². The first-order valence-corrected chi connectivity index (χ1v) is 5.89. The number of anilines is 1. The summed E-state index contributed by atoms with van der Waals surface area (Å²) >= 11 is 5.79. The Morgan fingerprint density at radius 1 is 1.47 bits per heavy atom. The maximum atomic E-state index is 5.79. The quantitative estimate of drug-likeness (QED) is 0.662. The van der Waals surface area contributed by atoms with Gasteiger partial charge < -0.3 is 10.1 Å². The Kier molecular flexibility index (Phi) is 4.75. The standard InChI is InChI=1S/C12H18ClN3O/c1-5-17-7-6-9-8-14-11(13)15-10(9)16-12(2,3)4/h6-8H,5H2,1-4H3,(H,14,15,16)/b7-6+. The molecule has 0 aliphatic carbocycles. The van der Waals surface area contributed by atoms with Gasteiger partial charge in [0.25, 0.3) is 0 Å². The molecule has 0 aliphatic rings. The summed E-state index contributed by atoms with van der Waals surface area (Å²) in [6, 6.07) is 0. The Morgan fingerprint density at radius 2 is 2.18 bits per heavy atom. The van der Waals surface area contributed by atoms with Crippen LogP contribution in [0, 0.1) is 0 Å². The van der Waals surface area contributed by atoms with Gasteiger partial charge in [-0.1, -0.05) is 0 Å². The highest BCUT2D eigenvalue weighted by Crippen LogP contribution is 2.19. The Morgan fingerprint density at radius 3 is 2.76 bits per heavy atom. The van der Waals surface area contributed by atoms with Gasteiger partial charge in [-0.05, 0) is 45.4 Å². The summed E-state index contributed by atoms with van der Waals surface area (Å²) in [6.45, 7) is 8.72. The topological polar surface area (TPSA) is 47.0 Å². The van der Waals surface area contributed by atoms with Crippen molar-refractivity contribution in [2.24, 2.45) is 0 Å². The van der Waals surface area contributed by atoms with Crippen molar-refractivity contribution in [2.75, 3.05) is 11.9 Å². The van der Waals surface area contributed by atoms with E-state index in [0.717, 1.165) is 5.56 Å². The Bertz CT molecular complexity index is 399. The Balaban J connectivity index is 2.95. The average molecular weight is 256 g/mol. The predicted molar refractivity (Wildman–Crippen MR) is 71.1 cm³/mol. The first-order valence-electron chi connectivity index (χ1n) is 5.51. The van der Waals surface area contributed by atoms with Crippen molar-refractivity contribution in [3.05, 3.63) is 23.3 Å². The van der Waals surface area contributed by atoms with E-state index < -0.39 is 0 Å². The zero-order valence-electron chi connectivity index (χ0n) is 10.6. The molecule has 0 saturated heterocycles. The molecule has 0 fully saturated rings. The van der Waals surface area contributed by atoms with Crippen molar-refractivity contribution < 1.29 is 4.74 Å². The van der Waals surface area contributed by atoms with E-state index >= 15 is 0 Å². The van der Waals surface area contributed by atoms with Gasteiger partial charge in [0.1, 0.15) is 5.82 Å². The third-order valence-corrected chi connectivity index (χ3v) is 1.97.